The Morgan fingerprint density at radius 2 is 1.12 bits per heavy atom. The van der Waals surface area contributed by atoms with Crippen molar-refractivity contribution in [2.75, 3.05) is 0 Å². The summed E-state index contributed by atoms with van der Waals surface area (Å²) in [5, 5.41) is 4.62. The summed E-state index contributed by atoms with van der Waals surface area (Å²) < 4.78 is 0. The zero-order chi connectivity index (χ0) is 16.9. The third-order valence-corrected chi connectivity index (χ3v) is 3.64. The molecular formula is C21H15N4. The highest BCUT2D eigenvalue weighted by molar-refractivity contribution is 6.48. The van der Waals surface area contributed by atoms with Crippen molar-refractivity contribution < 1.29 is 0 Å². The van der Waals surface area contributed by atoms with Crippen LogP contribution in [0.2, 0.25) is 0 Å². The topological polar surface area (TPSA) is 51.2 Å². The minimum atomic E-state index is 0.522. The summed E-state index contributed by atoms with van der Waals surface area (Å²) in [6.45, 7) is 0. The molecule has 4 nitrogen and oxygen atoms in total. The lowest BCUT2D eigenvalue weighted by atomic mass is 10.2. The van der Waals surface area contributed by atoms with Crippen LogP contribution in [-0.4, -0.2) is 17.5 Å². The molecule has 0 spiro atoms. The van der Waals surface area contributed by atoms with E-state index < -0.39 is 0 Å². The molecule has 0 saturated carbocycles. The molecule has 0 saturated heterocycles. The number of aliphatic imine (C=N–C) groups is 3. The van der Waals surface area contributed by atoms with Gasteiger partial charge in [-0.2, -0.15) is 0 Å². The number of benzene rings is 3. The second kappa shape index (κ2) is 6.93. The van der Waals surface area contributed by atoms with Gasteiger partial charge in [0.2, 0.25) is 0 Å². The van der Waals surface area contributed by atoms with Gasteiger partial charge in [-0.3, -0.25) is 0 Å². The van der Waals surface area contributed by atoms with Gasteiger partial charge in [0.15, 0.2) is 17.5 Å². The number of hydrogen-bond acceptors (Lipinski definition) is 2. The molecule has 0 aromatic heterocycles. The quantitative estimate of drug-likeness (QED) is 0.681. The van der Waals surface area contributed by atoms with Gasteiger partial charge in [-0.05, 0) is 24.3 Å². The Hall–Kier alpha value is -3.53. The minimum absolute atomic E-state index is 0.522. The van der Waals surface area contributed by atoms with E-state index in [1.54, 1.807) is 0 Å². The molecule has 119 valence electrons. The first-order valence-electron chi connectivity index (χ1n) is 8.02. The first-order chi connectivity index (χ1) is 12.4. The van der Waals surface area contributed by atoms with Crippen LogP contribution in [0.4, 0.5) is 11.4 Å². The summed E-state index contributed by atoms with van der Waals surface area (Å²) in [7, 11) is 0. The van der Waals surface area contributed by atoms with Crippen LogP contribution in [0.5, 0.6) is 0 Å². The lowest BCUT2D eigenvalue weighted by Gasteiger charge is -2.02. The normalized spacial score (nSPS) is 15.0. The second-order valence-electron chi connectivity index (χ2n) is 5.46. The predicted molar refractivity (Wildman–Crippen MR) is 102 cm³/mol. The first kappa shape index (κ1) is 15.0. The van der Waals surface area contributed by atoms with Gasteiger partial charge in [0.25, 0.3) is 0 Å². The zero-order valence-electron chi connectivity index (χ0n) is 13.4. The molecule has 1 heterocycles. The van der Waals surface area contributed by atoms with Gasteiger partial charge in [0.1, 0.15) is 0 Å². The Balaban J connectivity index is 1.72. The number of amidine groups is 3. The van der Waals surface area contributed by atoms with E-state index in [2.05, 4.69) is 20.3 Å². The fourth-order valence-electron chi connectivity index (χ4n) is 2.44. The summed E-state index contributed by atoms with van der Waals surface area (Å²) >= 11 is 0. The van der Waals surface area contributed by atoms with Crippen LogP contribution in [0.3, 0.4) is 0 Å². The van der Waals surface area contributed by atoms with Gasteiger partial charge in [-0.25, -0.2) is 20.3 Å². The van der Waals surface area contributed by atoms with E-state index in [9.17, 15) is 0 Å². The van der Waals surface area contributed by atoms with Crippen molar-refractivity contribution in [1.29, 1.82) is 0 Å². The summed E-state index contributed by atoms with van der Waals surface area (Å²) in [5.41, 5.74) is 2.60. The third kappa shape index (κ3) is 3.53. The van der Waals surface area contributed by atoms with E-state index >= 15 is 0 Å². The smallest absolute Gasteiger partial charge is 0.200 e. The van der Waals surface area contributed by atoms with Gasteiger partial charge in [0, 0.05) is 5.56 Å². The van der Waals surface area contributed by atoms with Crippen molar-refractivity contribution in [3.05, 3.63) is 96.6 Å². The molecule has 0 unspecified atom stereocenters. The number of para-hydroxylation sites is 2. The van der Waals surface area contributed by atoms with Crippen molar-refractivity contribution in [3.8, 4) is 0 Å². The van der Waals surface area contributed by atoms with Crippen LogP contribution in [0.25, 0.3) is 0 Å². The highest BCUT2D eigenvalue weighted by Gasteiger charge is 2.21. The molecule has 1 aliphatic rings. The molecule has 0 amide bonds. The molecule has 0 fully saturated rings. The lowest BCUT2D eigenvalue weighted by Crippen LogP contribution is -2.17. The minimum Gasteiger partial charge on any atom is -0.226 e. The van der Waals surface area contributed by atoms with Crippen molar-refractivity contribution in [2.45, 2.75) is 0 Å². The standard InChI is InChI=1S/C21H15N4/c1-4-10-16(11-5-1)19-24-20(22-17-12-6-2-7-13-17)21(25-19)23-18-14-8-3-9-15-18/h1-15H. The zero-order valence-corrected chi connectivity index (χ0v) is 13.4. The van der Waals surface area contributed by atoms with E-state index in [0.717, 1.165) is 16.9 Å². The average Bonchev–Trinajstić information content (AvgIpc) is 3.06. The molecule has 1 aliphatic heterocycles. The highest BCUT2D eigenvalue weighted by atomic mass is 15.2. The van der Waals surface area contributed by atoms with Crippen LogP contribution >= 0.6 is 0 Å². The Labute approximate surface area is 146 Å². The SMILES string of the molecule is c1ccc([N]C2=NC(c3ccccc3)=NC2=Nc2ccccc2)cc1. The molecular weight excluding hydrogens is 308 g/mol. The van der Waals surface area contributed by atoms with E-state index in [4.69, 9.17) is 0 Å². The summed E-state index contributed by atoms with van der Waals surface area (Å²) in [6, 6.07) is 29.3. The predicted octanol–water partition coefficient (Wildman–Crippen LogP) is 4.51. The van der Waals surface area contributed by atoms with Crippen LogP contribution in [0, 0.1) is 0 Å². The maximum Gasteiger partial charge on any atom is 0.200 e. The fraction of sp³-hybridized carbons (Fsp3) is 0. The molecule has 4 heteroatoms. The van der Waals surface area contributed by atoms with Gasteiger partial charge < -0.3 is 0 Å². The monoisotopic (exact) mass is 323 g/mol. The Kier molecular flexibility index (Phi) is 4.16. The maximum absolute atomic E-state index is 4.62. The van der Waals surface area contributed by atoms with Gasteiger partial charge in [0.05, 0.1) is 11.4 Å². The largest absolute Gasteiger partial charge is 0.226 e. The number of rotatable bonds is 3. The molecule has 0 N–H and O–H groups in total. The van der Waals surface area contributed by atoms with Crippen molar-refractivity contribution in [2.24, 2.45) is 15.0 Å². The number of hydrogen-bond donors (Lipinski definition) is 0. The molecule has 0 atom stereocenters. The molecule has 3 aromatic rings. The Bertz CT molecular complexity index is 943. The van der Waals surface area contributed by atoms with Crippen LogP contribution < -0.4 is 5.32 Å². The fourth-order valence-corrected chi connectivity index (χ4v) is 2.44. The van der Waals surface area contributed by atoms with Crippen molar-refractivity contribution in [3.63, 3.8) is 0 Å². The molecule has 0 aliphatic carbocycles. The Morgan fingerprint density at radius 1 is 0.560 bits per heavy atom. The molecule has 0 bridgehead atoms. The highest BCUT2D eigenvalue weighted by Crippen LogP contribution is 2.17. The van der Waals surface area contributed by atoms with E-state index in [1.807, 2.05) is 91.0 Å². The molecule has 1 radical (unpaired) electrons. The number of nitrogens with zero attached hydrogens (tertiary/aromatic N) is 4. The second-order valence-corrected chi connectivity index (χ2v) is 5.46. The summed E-state index contributed by atoms with van der Waals surface area (Å²) in [4.78, 5) is 13.8. The van der Waals surface area contributed by atoms with Gasteiger partial charge in [-0.15, -0.1) is 0 Å². The molecule has 3 aromatic carbocycles. The summed E-state index contributed by atoms with van der Waals surface area (Å²) in [5.74, 6) is 1.67. The van der Waals surface area contributed by atoms with Gasteiger partial charge >= 0.3 is 0 Å². The van der Waals surface area contributed by atoms with E-state index in [1.165, 1.54) is 0 Å². The van der Waals surface area contributed by atoms with Crippen LogP contribution in [0.1, 0.15) is 5.56 Å². The average molecular weight is 323 g/mol. The molecule has 4 rings (SSSR count). The van der Waals surface area contributed by atoms with E-state index in [-0.39, 0.29) is 0 Å². The van der Waals surface area contributed by atoms with Gasteiger partial charge in [-0.1, -0.05) is 66.7 Å². The first-order valence-corrected chi connectivity index (χ1v) is 8.02. The van der Waals surface area contributed by atoms with Crippen molar-refractivity contribution in [1.82, 2.24) is 5.32 Å². The lowest BCUT2D eigenvalue weighted by molar-refractivity contribution is 1.27. The third-order valence-electron chi connectivity index (χ3n) is 3.64. The van der Waals surface area contributed by atoms with E-state index in [0.29, 0.717) is 17.5 Å². The molecule has 25 heavy (non-hydrogen) atoms. The van der Waals surface area contributed by atoms with Crippen LogP contribution in [-0.2, 0) is 0 Å². The Morgan fingerprint density at radius 3 is 1.76 bits per heavy atom. The van der Waals surface area contributed by atoms with Crippen LogP contribution in [0.15, 0.2) is 106 Å². The van der Waals surface area contributed by atoms with Crippen molar-refractivity contribution >= 4 is 28.9 Å². The summed E-state index contributed by atoms with van der Waals surface area (Å²) in [6.07, 6.45) is 0. The maximum atomic E-state index is 4.62.